The molecule has 2 nitrogen and oxygen atoms in total. The zero-order valence-corrected chi connectivity index (χ0v) is 13.3. The summed E-state index contributed by atoms with van der Waals surface area (Å²) in [5.41, 5.74) is 3.62. The lowest BCUT2D eigenvalue weighted by Crippen LogP contribution is -2.18. The van der Waals surface area contributed by atoms with Gasteiger partial charge in [0.25, 0.3) is 0 Å². The zero-order chi connectivity index (χ0) is 16.3. The fourth-order valence-corrected chi connectivity index (χ4v) is 2.22. The first-order chi connectivity index (χ1) is 10.3. The van der Waals surface area contributed by atoms with E-state index in [1.165, 1.54) is 5.56 Å². The summed E-state index contributed by atoms with van der Waals surface area (Å²) in [6.07, 6.45) is 0. The summed E-state index contributed by atoms with van der Waals surface area (Å²) in [7, 11) is 0. The predicted molar refractivity (Wildman–Crippen MR) is 89.9 cm³/mol. The lowest BCUT2D eigenvalue weighted by Gasteiger charge is -2.26. The van der Waals surface area contributed by atoms with Gasteiger partial charge in [-0.15, -0.1) is 0 Å². The minimum atomic E-state index is -0.405. The van der Waals surface area contributed by atoms with Crippen LogP contribution in [0.15, 0.2) is 60.7 Å². The number of carbonyl (C=O) groups excluding carboxylic acids is 1. The van der Waals surface area contributed by atoms with E-state index >= 15 is 0 Å². The van der Waals surface area contributed by atoms with Crippen LogP contribution in [0.2, 0.25) is 0 Å². The van der Waals surface area contributed by atoms with Crippen LogP contribution in [-0.4, -0.2) is 5.97 Å². The third-order valence-electron chi connectivity index (χ3n) is 3.81. The van der Waals surface area contributed by atoms with Gasteiger partial charge in [0, 0.05) is 11.0 Å². The summed E-state index contributed by atoms with van der Waals surface area (Å²) in [5.74, 6) is 0.124. The van der Waals surface area contributed by atoms with E-state index in [2.05, 4.69) is 39.5 Å². The van der Waals surface area contributed by atoms with Gasteiger partial charge in [0.15, 0.2) is 0 Å². The van der Waals surface area contributed by atoms with Crippen molar-refractivity contribution in [2.24, 2.45) is 0 Å². The molecule has 2 heteroatoms. The summed E-state index contributed by atoms with van der Waals surface area (Å²) < 4.78 is 5.22. The van der Waals surface area contributed by atoms with Crippen molar-refractivity contribution >= 4 is 5.97 Å². The van der Waals surface area contributed by atoms with Crippen molar-refractivity contribution in [1.82, 2.24) is 0 Å². The Kier molecular flexibility index (Phi) is 4.51. The van der Waals surface area contributed by atoms with Gasteiger partial charge in [-0.3, -0.25) is 0 Å². The van der Waals surface area contributed by atoms with Gasteiger partial charge >= 0.3 is 5.97 Å². The van der Waals surface area contributed by atoms with E-state index in [0.717, 1.165) is 11.1 Å². The maximum atomic E-state index is 11.5. The quantitative estimate of drug-likeness (QED) is 0.465. The summed E-state index contributed by atoms with van der Waals surface area (Å²) >= 11 is 0. The van der Waals surface area contributed by atoms with Crippen molar-refractivity contribution in [2.45, 2.75) is 26.2 Å². The van der Waals surface area contributed by atoms with Gasteiger partial charge in [-0.1, -0.05) is 56.8 Å². The monoisotopic (exact) mass is 293 g/mol. The van der Waals surface area contributed by atoms with Crippen LogP contribution in [0.25, 0.3) is 0 Å². The molecule has 113 valence electrons. The molecule has 0 heterocycles. The molecule has 0 N–H and O–H groups in total. The van der Waals surface area contributed by atoms with Crippen LogP contribution in [-0.2, 0) is 10.2 Å². The number of esters is 1. The fraction of sp³-hybridized carbons (Fsp3) is 0.200. The van der Waals surface area contributed by atoms with E-state index < -0.39 is 5.97 Å². The maximum Gasteiger partial charge on any atom is 0.338 e. The Morgan fingerprint density at radius 1 is 0.955 bits per heavy atom. The SMILES string of the molecule is [CH2]c1ccc(C(C)(C)c2ccc(OC(=O)C(=C)C)cc2)cc1. The van der Waals surface area contributed by atoms with Crippen LogP contribution in [0, 0.1) is 6.92 Å². The molecule has 0 amide bonds. The van der Waals surface area contributed by atoms with E-state index in [0.29, 0.717) is 11.3 Å². The second-order valence-electron chi connectivity index (χ2n) is 6.02. The maximum absolute atomic E-state index is 11.5. The molecule has 1 radical (unpaired) electrons. The molecule has 0 saturated carbocycles. The average molecular weight is 293 g/mol. The minimum absolute atomic E-state index is 0.134. The van der Waals surface area contributed by atoms with Gasteiger partial charge in [-0.05, 0) is 42.7 Å². The van der Waals surface area contributed by atoms with Crippen LogP contribution < -0.4 is 4.74 Å². The molecular formula is C20H21O2. The summed E-state index contributed by atoms with van der Waals surface area (Å²) in [6.45, 7) is 13.5. The number of benzene rings is 2. The summed E-state index contributed by atoms with van der Waals surface area (Å²) in [6, 6.07) is 15.8. The van der Waals surface area contributed by atoms with Gasteiger partial charge in [-0.25, -0.2) is 4.79 Å². The molecule has 0 spiro atoms. The van der Waals surface area contributed by atoms with Gasteiger partial charge in [0.2, 0.25) is 0 Å². The number of carbonyl (C=O) groups is 1. The Morgan fingerprint density at radius 3 is 1.86 bits per heavy atom. The Hall–Kier alpha value is -2.35. The Labute approximate surface area is 132 Å². The van der Waals surface area contributed by atoms with Gasteiger partial charge in [0.05, 0.1) is 0 Å². The Bertz CT molecular complexity index is 677. The Balaban J connectivity index is 2.23. The first kappa shape index (κ1) is 16.0. The number of ether oxygens (including phenoxy) is 1. The highest BCUT2D eigenvalue weighted by Crippen LogP contribution is 2.32. The van der Waals surface area contributed by atoms with Crippen molar-refractivity contribution in [3.8, 4) is 5.75 Å². The van der Waals surface area contributed by atoms with E-state index in [4.69, 9.17) is 4.74 Å². The molecule has 0 fully saturated rings. The summed E-state index contributed by atoms with van der Waals surface area (Å²) in [4.78, 5) is 11.5. The molecule has 0 bridgehead atoms. The molecular weight excluding hydrogens is 272 g/mol. The van der Waals surface area contributed by atoms with Crippen LogP contribution in [0.1, 0.15) is 37.5 Å². The number of hydrogen-bond donors (Lipinski definition) is 0. The standard InChI is InChI=1S/C20H21O2/c1-14(2)19(21)22-18-12-10-17(11-13-18)20(4,5)16-8-6-15(3)7-9-16/h6-13H,1,3H2,2,4-5H3. The summed E-state index contributed by atoms with van der Waals surface area (Å²) in [5, 5.41) is 0. The number of rotatable bonds is 4. The average Bonchev–Trinajstić information content (AvgIpc) is 2.48. The molecule has 22 heavy (non-hydrogen) atoms. The van der Waals surface area contributed by atoms with Crippen molar-refractivity contribution < 1.29 is 9.53 Å². The molecule has 0 aromatic heterocycles. The van der Waals surface area contributed by atoms with Crippen LogP contribution in [0.5, 0.6) is 5.75 Å². The van der Waals surface area contributed by atoms with Crippen LogP contribution in [0.4, 0.5) is 0 Å². The third-order valence-corrected chi connectivity index (χ3v) is 3.81. The van der Waals surface area contributed by atoms with Gasteiger partial charge in [-0.2, -0.15) is 0 Å². The smallest absolute Gasteiger partial charge is 0.338 e. The molecule has 0 aliphatic carbocycles. The largest absolute Gasteiger partial charge is 0.423 e. The van der Waals surface area contributed by atoms with Crippen LogP contribution in [0.3, 0.4) is 0 Å². The Morgan fingerprint density at radius 2 is 1.41 bits per heavy atom. The first-order valence-electron chi connectivity index (χ1n) is 7.21. The second-order valence-corrected chi connectivity index (χ2v) is 6.02. The zero-order valence-electron chi connectivity index (χ0n) is 13.3. The van der Waals surface area contributed by atoms with Gasteiger partial charge in [0.1, 0.15) is 5.75 Å². The highest BCUT2D eigenvalue weighted by atomic mass is 16.5. The predicted octanol–water partition coefficient (Wildman–Crippen LogP) is 4.68. The first-order valence-corrected chi connectivity index (χ1v) is 7.21. The molecule has 2 rings (SSSR count). The molecule has 0 atom stereocenters. The third kappa shape index (κ3) is 3.45. The van der Waals surface area contributed by atoms with Gasteiger partial charge < -0.3 is 4.74 Å². The lowest BCUT2D eigenvalue weighted by atomic mass is 9.78. The highest BCUT2D eigenvalue weighted by Gasteiger charge is 2.23. The van der Waals surface area contributed by atoms with Crippen LogP contribution >= 0.6 is 0 Å². The second kappa shape index (κ2) is 6.18. The van der Waals surface area contributed by atoms with Crippen molar-refractivity contribution in [3.63, 3.8) is 0 Å². The molecule has 2 aromatic rings. The van der Waals surface area contributed by atoms with E-state index in [1.54, 1.807) is 6.92 Å². The molecule has 0 aliphatic rings. The fourth-order valence-electron chi connectivity index (χ4n) is 2.22. The van der Waals surface area contributed by atoms with E-state index in [-0.39, 0.29) is 5.41 Å². The minimum Gasteiger partial charge on any atom is -0.423 e. The van der Waals surface area contributed by atoms with Crippen molar-refractivity contribution in [2.75, 3.05) is 0 Å². The lowest BCUT2D eigenvalue weighted by molar-refractivity contribution is -0.130. The van der Waals surface area contributed by atoms with E-state index in [9.17, 15) is 4.79 Å². The molecule has 0 unspecified atom stereocenters. The molecule has 0 aliphatic heterocycles. The van der Waals surface area contributed by atoms with Crippen molar-refractivity contribution in [1.29, 1.82) is 0 Å². The molecule has 2 aromatic carbocycles. The number of hydrogen-bond acceptors (Lipinski definition) is 2. The highest BCUT2D eigenvalue weighted by molar-refractivity contribution is 5.88. The van der Waals surface area contributed by atoms with E-state index in [1.807, 2.05) is 36.4 Å². The normalized spacial score (nSPS) is 11.1. The van der Waals surface area contributed by atoms with Crippen molar-refractivity contribution in [3.05, 3.63) is 84.3 Å². The topological polar surface area (TPSA) is 26.3 Å². The molecule has 0 saturated heterocycles.